The van der Waals surface area contributed by atoms with Crippen molar-refractivity contribution in [3.05, 3.63) is 52.2 Å². The van der Waals surface area contributed by atoms with E-state index in [1.165, 1.54) is 0 Å². The summed E-state index contributed by atoms with van der Waals surface area (Å²) in [6, 6.07) is 5.23. The summed E-state index contributed by atoms with van der Waals surface area (Å²) in [6.07, 6.45) is -4.11. The van der Waals surface area contributed by atoms with Crippen LogP contribution in [0.4, 0.5) is 13.2 Å². The fourth-order valence-corrected chi connectivity index (χ4v) is 4.29. The van der Waals surface area contributed by atoms with E-state index in [0.29, 0.717) is 30.4 Å². The van der Waals surface area contributed by atoms with Gasteiger partial charge in [-0.2, -0.15) is 13.2 Å². The summed E-state index contributed by atoms with van der Waals surface area (Å²) in [5.74, 6) is -1.43. The highest BCUT2D eigenvalue weighted by Crippen LogP contribution is 2.42. The molecule has 28 heavy (non-hydrogen) atoms. The number of benzene rings is 1. The number of fused-ring (bicyclic) bond motifs is 2. The molecule has 0 spiro atoms. The van der Waals surface area contributed by atoms with Gasteiger partial charge in [0.05, 0.1) is 23.7 Å². The van der Waals surface area contributed by atoms with Crippen LogP contribution in [0.2, 0.25) is 0 Å². The molecule has 2 aliphatic rings. The molecule has 0 radical (unpaired) electrons. The molecule has 0 saturated carbocycles. The van der Waals surface area contributed by atoms with E-state index < -0.39 is 23.6 Å². The second-order valence-corrected chi connectivity index (χ2v) is 8.01. The molecule has 0 saturated heterocycles. The zero-order valence-electron chi connectivity index (χ0n) is 15.6. The first-order valence-corrected chi connectivity index (χ1v) is 9.22. The van der Waals surface area contributed by atoms with E-state index >= 15 is 0 Å². The first-order valence-electron chi connectivity index (χ1n) is 9.22. The van der Waals surface area contributed by atoms with Gasteiger partial charge in [-0.3, -0.25) is 4.90 Å². The molecule has 2 heterocycles. The van der Waals surface area contributed by atoms with Crippen LogP contribution in [0, 0.1) is 5.92 Å². The second-order valence-electron chi connectivity index (χ2n) is 8.01. The van der Waals surface area contributed by atoms with Crippen molar-refractivity contribution < 1.29 is 27.5 Å². The fourth-order valence-electron chi connectivity index (χ4n) is 4.29. The Morgan fingerprint density at radius 1 is 1.39 bits per heavy atom. The van der Waals surface area contributed by atoms with E-state index in [2.05, 4.69) is 4.98 Å². The molecular formula is C20H21F3N2O3. The molecular weight excluding hydrogens is 373 g/mol. The molecule has 5 nitrogen and oxygen atoms in total. The van der Waals surface area contributed by atoms with Crippen LogP contribution in [0.15, 0.2) is 22.6 Å². The molecule has 1 aliphatic heterocycles. The third kappa shape index (κ3) is 3.09. The van der Waals surface area contributed by atoms with Gasteiger partial charge in [0.25, 0.3) is 0 Å². The van der Waals surface area contributed by atoms with Crippen molar-refractivity contribution in [3.8, 4) is 0 Å². The molecule has 0 amide bonds. The molecule has 4 rings (SSSR count). The van der Waals surface area contributed by atoms with Crippen molar-refractivity contribution in [3.63, 3.8) is 0 Å². The number of rotatable bonds is 3. The summed E-state index contributed by atoms with van der Waals surface area (Å²) < 4.78 is 44.8. The van der Waals surface area contributed by atoms with Crippen LogP contribution < -0.4 is 0 Å². The third-order valence-electron chi connectivity index (χ3n) is 5.98. The lowest BCUT2D eigenvalue weighted by Gasteiger charge is -2.31. The predicted molar refractivity (Wildman–Crippen MR) is 93.7 cm³/mol. The monoisotopic (exact) mass is 394 g/mol. The first-order chi connectivity index (χ1) is 13.1. The number of halogens is 3. The summed E-state index contributed by atoms with van der Waals surface area (Å²) in [5.41, 5.74) is 1.91. The number of carboxylic acids is 1. The van der Waals surface area contributed by atoms with Gasteiger partial charge in [-0.05, 0) is 37.5 Å². The Bertz CT molecular complexity index is 933. The number of hydrogen-bond acceptors (Lipinski definition) is 4. The van der Waals surface area contributed by atoms with Crippen molar-refractivity contribution in [1.82, 2.24) is 9.88 Å². The maximum Gasteiger partial charge on any atom is 0.392 e. The number of carboxylic acid groups (broad SMARTS) is 1. The summed E-state index contributed by atoms with van der Waals surface area (Å²) in [6.45, 7) is 4.72. The fraction of sp³-hybridized carbons (Fsp3) is 0.500. The summed E-state index contributed by atoms with van der Waals surface area (Å²) in [7, 11) is 0. The number of aromatic carboxylic acids is 1. The highest BCUT2D eigenvalue weighted by molar-refractivity contribution is 5.90. The molecule has 1 aliphatic carbocycles. The van der Waals surface area contributed by atoms with Gasteiger partial charge < -0.3 is 9.52 Å². The van der Waals surface area contributed by atoms with Crippen LogP contribution >= 0.6 is 0 Å². The van der Waals surface area contributed by atoms with Crippen molar-refractivity contribution in [1.29, 1.82) is 0 Å². The summed E-state index contributed by atoms with van der Waals surface area (Å²) >= 11 is 0. The maximum absolute atomic E-state index is 13.0. The standard InChI is InChI=1S/C20H21F3N2O3/c1-19(2)14-5-3-4-12(18(26)27)13(14)9-25(19)10-17-24-15-8-11(20(21,22)23)6-7-16(15)28-17/h3-5,11H,6-10H2,1-2H3,(H,26,27). The Hall–Kier alpha value is -2.35. The van der Waals surface area contributed by atoms with Crippen LogP contribution in [0.3, 0.4) is 0 Å². The Morgan fingerprint density at radius 3 is 2.82 bits per heavy atom. The number of aromatic nitrogens is 1. The van der Waals surface area contributed by atoms with Crippen LogP contribution in [-0.2, 0) is 31.5 Å². The summed E-state index contributed by atoms with van der Waals surface area (Å²) in [5, 5.41) is 9.45. The minimum absolute atomic E-state index is 0.0216. The van der Waals surface area contributed by atoms with E-state index in [4.69, 9.17) is 4.42 Å². The first kappa shape index (κ1) is 19.0. The smallest absolute Gasteiger partial charge is 0.392 e. The summed E-state index contributed by atoms with van der Waals surface area (Å²) in [4.78, 5) is 17.9. The van der Waals surface area contributed by atoms with Crippen LogP contribution in [0.25, 0.3) is 0 Å². The minimum Gasteiger partial charge on any atom is -0.478 e. The number of aryl methyl sites for hydroxylation is 1. The minimum atomic E-state index is -4.22. The van der Waals surface area contributed by atoms with E-state index in [1.54, 1.807) is 12.1 Å². The highest BCUT2D eigenvalue weighted by atomic mass is 19.4. The predicted octanol–water partition coefficient (Wildman–Crippen LogP) is 4.29. The lowest BCUT2D eigenvalue weighted by molar-refractivity contribution is -0.177. The average molecular weight is 394 g/mol. The van der Waals surface area contributed by atoms with Gasteiger partial charge in [-0.15, -0.1) is 0 Å². The molecule has 8 heteroatoms. The Labute approximate surface area is 160 Å². The van der Waals surface area contributed by atoms with Gasteiger partial charge in [0.15, 0.2) is 0 Å². The van der Waals surface area contributed by atoms with Gasteiger partial charge >= 0.3 is 12.1 Å². The van der Waals surface area contributed by atoms with Crippen molar-refractivity contribution >= 4 is 5.97 Å². The largest absolute Gasteiger partial charge is 0.478 e. The van der Waals surface area contributed by atoms with Gasteiger partial charge in [-0.1, -0.05) is 12.1 Å². The SMILES string of the molecule is CC1(C)c2cccc(C(=O)O)c2CN1Cc1nc2c(o1)CCC(C(F)(F)F)C2. The van der Waals surface area contributed by atoms with E-state index in [-0.39, 0.29) is 24.8 Å². The normalized spacial score (nSPS) is 21.4. The quantitative estimate of drug-likeness (QED) is 0.841. The van der Waals surface area contributed by atoms with Gasteiger partial charge in [-0.25, -0.2) is 9.78 Å². The average Bonchev–Trinajstić information content (AvgIpc) is 3.12. The second kappa shape index (κ2) is 6.34. The number of carbonyl (C=O) groups is 1. The third-order valence-corrected chi connectivity index (χ3v) is 5.98. The zero-order valence-corrected chi connectivity index (χ0v) is 15.6. The molecule has 1 N–H and O–H groups in total. The molecule has 150 valence electrons. The molecule has 0 fully saturated rings. The van der Waals surface area contributed by atoms with Crippen molar-refractivity contribution in [2.45, 2.75) is 57.9 Å². The molecule has 0 bridgehead atoms. The maximum atomic E-state index is 13.0. The number of alkyl halides is 3. The van der Waals surface area contributed by atoms with Crippen LogP contribution in [-0.4, -0.2) is 27.1 Å². The Kier molecular flexibility index (Phi) is 4.30. The van der Waals surface area contributed by atoms with E-state index in [1.807, 2.05) is 24.8 Å². The Morgan fingerprint density at radius 2 is 2.14 bits per heavy atom. The highest BCUT2D eigenvalue weighted by Gasteiger charge is 2.43. The van der Waals surface area contributed by atoms with E-state index in [0.717, 1.165) is 11.1 Å². The van der Waals surface area contributed by atoms with Gasteiger partial charge in [0, 0.05) is 24.9 Å². The Balaban J connectivity index is 1.57. The van der Waals surface area contributed by atoms with Crippen molar-refractivity contribution in [2.75, 3.05) is 0 Å². The lowest BCUT2D eigenvalue weighted by atomic mass is 9.90. The molecule has 1 atom stereocenters. The molecule has 1 aromatic heterocycles. The van der Waals surface area contributed by atoms with Gasteiger partial charge in [0.2, 0.25) is 5.89 Å². The topological polar surface area (TPSA) is 66.6 Å². The van der Waals surface area contributed by atoms with Gasteiger partial charge in [0.1, 0.15) is 5.76 Å². The molecule has 1 unspecified atom stereocenters. The number of hydrogen-bond donors (Lipinski definition) is 1. The zero-order chi connectivity index (χ0) is 20.3. The number of nitrogens with zero attached hydrogens (tertiary/aromatic N) is 2. The van der Waals surface area contributed by atoms with E-state index in [9.17, 15) is 23.1 Å². The van der Waals surface area contributed by atoms with Crippen LogP contribution in [0.1, 0.15) is 59.1 Å². The lowest BCUT2D eigenvalue weighted by Crippen LogP contribution is -2.34. The molecule has 2 aromatic rings. The van der Waals surface area contributed by atoms with Crippen molar-refractivity contribution in [2.24, 2.45) is 5.92 Å². The van der Waals surface area contributed by atoms with Crippen LogP contribution in [0.5, 0.6) is 0 Å². The molecule has 1 aromatic carbocycles. The number of oxazole rings is 1.